The lowest BCUT2D eigenvalue weighted by molar-refractivity contribution is 0.122. The van der Waals surface area contributed by atoms with Gasteiger partial charge in [-0.2, -0.15) is 0 Å². The standard InChI is InChI=1S/C12H19ClN2O/c1-9(8-16)15(2)12(7-14)10-4-3-5-11(13)6-10/h3-6,9,12,16H,7-8,14H2,1-2H3. The second kappa shape index (κ2) is 6.21. The molecule has 0 bridgehead atoms. The quantitative estimate of drug-likeness (QED) is 0.826. The zero-order valence-corrected chi connectivity index (χ0v) is 10.5. The molecule has 0 aliphatic heterocycles. The van der Waals surface area contributed by atoms with Crippen LogP contribution in [-0.4, -0.2) is 36.2 Å². The Balaban J connectivity index is 2.89. The van der Waals surface area contributed by atoms with Gasteiger partial charge in [0.15, 0.2) is 0 Å². The van der Waals surface area contributed by atoms with E-state index in [4.69, 9.17) is 22.4 Å². The predicted molar refractivity (Wildman–Crippen MR) is 67.6 cm³/mol. The third-order valence-electron chi connectivity index (χ3n) is 2.91. The summed E-state index contributed by atoms with van der Waals surface area (Å²) in [6.07, 6.45) is 0. The fourth-order valence-electron chi connectivity index (χ4n) is 1.69. The van der Waals surface area contributed by atoms with Crippen molar-refractivity contribution in [1.82, 2.24) is 4.90 Å². The summed E-state index contributed by atoms with van der Waals surface area (Å²) in [4.78, 5) is 2.06. The first-order valence-electron chi connectivity index (χ1n) is 5.38. The largest absolute Gasteiger partial charge is 0.395 e. The number of aliphatic hydroxyl groups excluding tert-OH is 1. The van der Waals surface area contributed by atoms with E-state index in [1.54, 1.807) is 0 Å². The molecule has 3 nitrogen and oxygen atoms in total. The summed E-state index contributed by atoms with van der Waals surface area (Å²) >= 11 is 5.96. The minimum Gasteiger partial charge on any atom is -0.395 e. The van der Waals surface area contributed by atoms with E-state index in [0.29, 0.717) is 11.6 Å². The van der Waals surface area contributed by atoms with E-state index in [2.05, 4.69) is 4.90 Å². The average Bonchev–Trinajstić information content (AvgIpc) is 2.29. The highest BCUT2D eigenvalue weighted by Crippen LogP contribution is 2.22. The number of halogens is 1. The van der Waals surface area contributed by atoms with Gasteiger partial charge in [0.05, 0.1) is 6.61 Å². The minimum absolute atomic E-state index is 0.0764. The molecule has 0 spiro atoms. The first-order chi connectivity index (χ1) is 7.60. The van der Waals surface area contributed by atoms with E-state index in [1.807, 2.05) is 38.2 Å². The second-order valence-corrected chi connectivity index (χ2v) is 4.44. The Bertz CT molecular complexity index is 333. The van der Waals surface area contributed by atoms with Gasteiger partial charge in [0, 0.05) is 23.7 Å². The molecule has 0 radical (unpaired) electrons. The van der Waals surface area contributed by atoms with Gasteiger partial charge in [-0.05, 0) is 31.7 Å². The number of rotatable bonds is 5. The van der Waals surface area contributed by atoms with Crippen molar-refractivity contribution in [3.05, 3.63) is 34.9 Å². The molecule has 0 aliphatic rings. The van der Waals surface area contributed by atoms with Crippen molar-refractivity contribution in [1.29, 1.82) is 0 Å². The van der Waals surface area contributed by atoms with Crippen molar-refractivity contribution in [3.63, 3.8) is 0 Å². The van der Waals surface area contributed by atoms with Crippen LogP contribution >= 0.6 is 11.6 Å². The number of nitrogens with two attached hydrogens (primary N) is 1. The monoisotopic (exact) mass is 242 g/mol. The molecule has 0 fully saturated rings. The van der Waals surface area contributed by atoms with E-state index in [-0.39, 0.29) is 18.7 Å². The first-order valence-corrected chi connectivity index (χ1v) is 5.76. The number of likely N-dealkylation sites (N-methyl/N-ethyl adjacent to an activating group) is 1. The molecule has 1 aromatic carbocycles. The molecule has 0 aromatic heterocycles. The molecule has 4 heteroatoms. The molecule has 1 rings (SSSR count). The van der Waals surface area contributed by atoms with Gasteiger partial charge < -0.3 is 10.8 Å². The number of benzene rings is 1. The molecule has 2 atom stereocenters. The lowest BCUT2D eigenvalue weighted by Gasteiger charge is -2.31. The predicted octanol–water partition coefficient (Wildman–Crippen LogP) is 1.65. The van der Waals surface area contributed by atoms with E-state index in [9.17, 15) is 0 Å². The van der Waals surface area contributed by atoms with Crippen molar-refractivity contribution in [3.8, 4) is 0 Å². The van der Waals surface area contributed by atoms with Crippen molar-refractivity contribution >= 4 is 11.6 Å². The van der Waals surface area contributed by atoms with Crippen LogP contribution in [-0.2, 0) is 0 Å². The van der Waals surface area contributed by atoms with E-state index in [1.165, 1.54) is 0 Å². The van der Waals surface area contributed by atoms with Gasteiger partial charge in [0.1, 0.15) is 0 Å². The topological polar surface area (TPSA) is 49.5 Å². The van der Waals surface area contributed by atoms with Gasteiger partial charge in [-0.25, -0.2) is 0 Å². The van der Waals surface area contributed by atoms with Crippen LogP contribution in [0.1, 0.15) is 18.5 Å². The van der Waals surface area contributed by atoms with Crippen LogP contribution in [0.2, 0.25) is 5.02 Å². The Kier molecular flexibility index (Phi) is 5.22. The fraction of sp³-hybridized carbons (Fsp3) is 0.500. The first kappa shape index (κ1) is 13.5. The number of aliphatic hydroxyl groups is 1. The summed E-state index contributed by atoms with van der Waals surface area (Å²) in [6.45, 7) is 2.59. The highest BCUT2D eigenvalue weighted by molar-refractivity contribution is 6.30. The van der Waals surface area contributed by atoms with Crippen LogP contribution in [0.3, 0.4) is 0 Å². The third kappa shape index (κ3) is 3.19. The van der Waals surface area contributed by atoms with Gasteiger partial charge in [0.25, 0.3) is 0 Å². The molecule has 0 saturated heterocycles. The lowest BCUT2D eigenvalue weighted by Crippen LogP contribution is -2.38. The summed E-state index contributed by atoms with van der Waals surface area (Å²) in [5, 5.41) is 9.85. The Morgan fingerprint density at radius 3 is 2.69 bits per heavy atom. The molecular formula is C12H19ClN2O. The molecule has 0 saturated carbocycles. The van der Waals surface area contributed by atoms with Gasteiger partial charge in [0.2, 0.25) is 0 Å². The summed E-state index contributed by atoms with van der Waals surface area (Å²) in [7, 11) is 1.96. The molecule has 90 valence electrons. The number of hydrogen-bond acceptors (Lipinski definition) is 3. The molecule has 0 amide bonds. The van der Waals surface area contributed by atoms with Crippen molar-refractivity contribution in [2.24, 2.45) is 5.73 Å². The number of hydrogen-bond donors (Lipinski definition) is 2. The van der Waals surface area contributed by atoms with Gasteiger partial charge in [-0.15, -0.1) is 0 Å². The highest BCUT2D eigenvalue weighted by Gasteiger charge is 2.19. The van der Waals surface area contributed by atoms with Crippen LogP contribution in [0, 0.1) is 0 Å². The fourth-order valence-corrected chi connectivity index (χ4v) is 1.89. The third-order valence-corrected chi connectivity index (χ3v) is 3.14. The summed E-state index contributed by atoms with van der Waals surface area (Å²) in [5.41, 5.74) is 6.86. The minimum atomic E-state index is 0.0764. The van der Waals surface area contributed by atoms with Crippen LogP contribution in [0.4, 0.5) is 0 Å². The van der Waals surface area contributed by atoms with Crippen LogP contribution in [0.15, 0.2) is 24.3 Å². The number of nitrogens with zero attached hydrogens (tertiary/aromatic N) is 1. The van der Waals surface area contributed by atoms with Crippen molar-refractivity contribution in [2.75, 3.05) is 20.2 Å². The van der Waals surface area contributed by atoms with Gasteiger partial charge in [-0.1, -0.05) is 23.7 Å². The summed E-state index contributed by atoms with van der Waals surface area (Å²) < 4.78 is 0. The smallest absolute Gasteiger partial charge is 0.0584 e. The zero-order chi connectivity index (χ0) is 12.1. The molecule has 3 N–H and O–H groups in total. The maximum Gasteiger partial charge on any atom is 0.0584 e. The molecule has 2 unspecified atom stereocenters. The maximum absolute atomic E-state index is 9.14. The van der Waals surface area contributed by atoms with Crippen molar-refractivity contribution in [2.45, 2.75) is 19.0 Å². The van der Waals surface area contributed by atoms with E-state index < -0.39 is 0 Å². The Hall–Kier alpha value is -0.610. The maximum atomic E-state index is 9.14. The van der Waals surface area contributed by atoms with Crippen molar-refractivity contribution < 1.29 is 5.11 Å². The lowest BCUT2D eigenvalue weighted by atomic mass is 10.0. The molecular weight excluding hydrogens is 224 g/mol. The molecule has 0 aliphatic carbocycles. The normalized spacial score (nSPS) is 15.1. The van der Waals surface area contributed by atoms with Gasteiger partial charge >= 0.3 is 0 Å². The summed E-state index contributed by atoms with van der Waals surface area (Å²) in [6, 6.07) is 7.84. The SMILES string of the molecule is CC(CO)N(C)C(CN)c1cccc(Cl)c1. The zero-order valence-electron chi connectivity index (χ0n) is 9.73. The van der Waals surface area contributed by atoms with Crippen LogP contribution in [0.25, 0.3) is 0 Å². The molecule has 1 aromatic rings. The molecule has 0 heterocycles. The Morgan fingerprint density at radius 2 is 2.19 bits per heavy atom. The Morgan fingerprint density at radius 1 is 1.50 bits per heavy atom. The molecule has 16 heavy (non-hydrogen) atoms. The summed E-state index contributed by atoms with van der Waals surface area (Å²) in [5.74, 6) is 0. The second-order valence-electron chi connectivity index (χ2n) is 4.00. The average molecular weight is 243 g/mol. The highest BCUT2D eigenvalue weighted by atomic mass is 35.5. The Labute approximate surface area is 102 Å². The van der Waals surface area contributed by atoms with Gasteiger partial charge in [-0.3, -0.25) is 4.90 Å². The van der Waals surface area contributed by atoms with E-state index in [0.717, 1.165) is 5.56 Å². The van der Waals surface area contributed by atoms with Crippen LogP contribution < -0.4 is 5.73 Å². The van der Waals surface area contributed by atoms with E-state index >= 15 is 0 Å². The van der Waals surface area contributed by atoms with Crippen LogP contribution in [0.5, 0.6) is 0 Å².